The molecule has 150 valence electrons. The minimum absolute atomic E-state index is 0.00611. The highest BCUT2D eigenvalue weighted by Crippen LogP contribution is 2.44. The van der Waals surface area contributed by atoms with Crippen LogP contribution in [0.1, 0.15) is 35.4 Å². The summed E-state index contributed by atoms with van der Waals surface area (Å²) in [5.74, 6) is 0.283. The molecule has 9 heteroatoms. The number of imidazole rings is 1. The number of aromatic nitrogens is 4. The molecule has 29 heavy (non-hydrogen) atoms. The van der Waals surface area contributed by atoms with Gasteiger partial charge < -0.3 is 20.4 Å². The third-order valence-corrected chi connectivity index (χ3v) is 5.91. The molecule has 1 amide bonds. The van der Waals surface area contributed by atoms with Crippen LogP contribution < -0.4 is 16.0 Å². The van der Waals surface area contributed by atoms with Gasteiger partial charge in [0.15, 0.2) is 11.5 Å². The lowest BCUT2D eigenvalue weighted by atomic mass is 9.98. The first-order valence-corrected chi connectivity index (χ1v) is 9.73. The van der Waals surface area contributed by atoms with Crippen LogP contribution in [0.5, 0.6) is 0 Å². The summed E-state index contributed by atoms with van der Waals surface area (Å²) in [6, 6.07) is 1.24. The van der Waals surface area contributed by atoms with E-state index in [1.807, 2.05) is 0 Å². The molecule has 1 saturated carbocycles. The monoisotopic (exact) mass is 395 g/mol. The summed E-state index contributed by atoms with van der Waals surface area (Å²) in [7, 11) is 0. The van der Waals surface area contributed by atoms with Gasteiger partial charge in [0.1, 0.15) is 11.5 Å². The number of carbonyl (C=O) groups excluding carboxylic acids is 1. The van der Waals surface area contributed by atoms with Gasteiger partial charge in [0.05, 0.1) is 23.8 Å². The van der Waals surface area contributed by atoms with Crippen LogP contribution in [0.25, 0.3) is 5.65 Å². The van der Waals surface area contributed by atoms with Crippen LogP contribution in [-0.4, -0.2) is 43.9 Å². The Morgan fingerprint density at radius 3 is 2.86 bits per heavy atom. The van der Waals surface area contributed by atoms with E-state index in [0.717, 1.165) is 38.2 Å². The Labute approximate surface area is 167 Å². The predicted octanol–water partition coefficient (Wildman–Crippen LogP) is 2.14. The highest BCUT2D eigenvalue weighted by molar-refractivity contribution is 6.02. The molecule has 2 fully saturated rings. The topological polar surface area (TPSA) is 101 Å². The summed E-state index contributed by atoms with van der Waals surface area (Å²) in [5.41, 5.74) is 7.74. The predicted molar refractivity (Wildman–Crippen MR) is 106 cm³/mol. The van der Waals surface area contributed by atoms with Crippen molar-refractivity contribution in [2.45, 2.75) is 31.7 Å². The first-order chi connectivity index (χ1) is 13.9. The van der Waals surface area contributed by atoms with Crippen LogP contribution in [0, 0.1) is 18.7 Å². The number of rotatable bonds is 4. The molecule has 1 aliphatic carbocycles. The Morgan fingerprint density at radius 1 is 1.31 bits per heavy atom. The maximum atomic E-state index is 14.2. The lowest BCUT2D eigenvalue weighted by Crippen LogP contribution is -2.34. The normalized spacial score (nSPS) is 20.2. The number of anilines is 2. The van der Waals surface area contributed by atoms with Gasteiger partial charge in [-0.15, -0.1) is 0 Å². The molecule has 1 aliphatic heterocycles. The zero-order chi connectivity index (χ0) is 20.2. The summed E-state index contributed by atoms with van der Waals surface area (Å²) >= 11 is 0. The standard InChI is InChI=1S/C20H22FN7O/c1-12-9-28-11-14(6-15(21)18(28)25-12)26-19(29)16-7-24-17(8-23-16)27-5-2-13(10-27)20(22)3-4-20/h6-9,11,13H,2-5,10,22H2,1H3,(H,26,29)/t13-/m1/s1. The minimum Gasteiger partial charge on any atom is -0.355 e. The third-order valence-electron chi connectivity index (χ3n) is 5.91. The number of fused-ring (bicyclic) bond motifs is 1. The van der Waals surface area contributed by atoms with Gasteiger partial charge in [-0.25, -0.2) is 19.3 Å². The molecule has 2 aliphatic rings. The molecule has 8 nitrogen and oxygen atoms in total. The molecular formula is C20H22FN7O. The lowest BCUT2D eigenvalue weighted by molar-refractivity contribution is 0.102. The summed E-state index contributed by atoms with van der Waals surface area (Å²) in [6.45, 7) is 3.55. The highest BCUT2D eigenvalue weighted by atomic mass is 19.1. The van der Waals surface area contributed by atoms with E-state index in [0.29, 0.717) is 17.3 Å². The van der Waals surface area contributed by atoms with Crippen molar-refractivity contribution in [3.8, 4) is 0 Å². The number of nitrogens with zero attached hydrogens (tertiary/aromatic N) is 5. The largest absolute Gasteiger partial charge is 0.355 e. The van der Waals surface area contributed by atoms with Crippen LogP contribution in [0.15, 0.2) is 30.9 Å². The number of halogens is 1. The van der Waals surface area contributed by atoms with Gasteiger partial charge in [-0.05, 0) is 32.1 Å². The Balaban J connectivity index is 1.28. The second-order valence-electron chi connectivity index (χ2n) is 8.07. The van der Waals surface area contributed by atoms with Gasteiger partial charge in [-0.2, -0.15) is 0 Å². The molecule has 0 aromatic carbocycles. The van der Waals surface area contributed by atoms with Crippen LogP contribution in [0.4, 0.5) is 15.9 Å². The van der Waals surface area contributed by atoms with E-state index in [1.54, 1.807) is 29.9 Å². The Hall–Kier alpha value is -3.07. The maximum Gasteiger partial charge on any atom is 0.275 e. The van der Waals surface area contributed by atoms with Gasteiger partial charge in [0.25, 0.3) is 5.91 Å². The van der Waals surface area contributed by atoms with E-state index in [2.05, 4.69) is 25.2 Å². The average Bonchev–Trinajstić information content (AvgIpc) is 3.10. The van der Waals surface area contributed by atoms with Crippen molar-refractivity contribution in [2.24, 2.45) is 11.7 Å². The molecule has 0 radical (unpaired) electrons. The molecule has 3 aromatic heterocycles. The van der Waals surface area contributed by atoms with Gasteiger partial charge >= 0.3 is 0 Å². The molecule has 0 spiro atoms. The fraction of sp³-hybridized carbons (Fsp3) is 0.400. The molecule has 0 bridgehead atoms. The lowest BCUT2D eigenvalue weighted by Gasteiger charge is -2.20. The number of carbonyl (C=O) groups is 1. The zero-order valence-corrected chi connectivity index (χ0v) is 16.1. The smallest absolute Gasteiger partial charge is 0.275 e. The van der Waals surface area contributed by atoms with Gasteiger partial charge in [0.2, 0.25) is 0 Å². The number of hydrogen-bond donors (Lipinski definition) is 2. The second-order valence-corrected chi connectivity index (χ2v) is 8.07. The van der Waals surface area contributed by atoms with Crippen molar-refractivity contribution < 1.29 is 9.18 Å². The van der Waals surface area contributed by atoms with Gasteiger partial charge in [0, 0.05) is 37.1 Å². The number of pyridine rings is 1. The van der Waals surface area contributed by atoms with E-state index in [4.69, 9.17) is 5.73 Å². The van der Waals surface area contributed by atoms with Crippen molar-refractivity contribution in [1.82, 2.24) is 19.4 Å². The second kappa shape index (κ2) is 6.48. The van der Waals surface area contributed by atoms with E-state index < -0.39 is 11.7 Å². The van der Waals surface area contributed by atoms with Crippen molar-refractivity contribution in [3.63, 3.8) is 0 Å². The SMILES string of the molecule is Cc1cn2cc(NC(=O)c3cnc(N4CC[C@@H](C5(N)CC5)C4)cn3)cc(F)c2n1. The quantitative estimate of drug-likeness (QED) is 0.702. The Kier molecular flexibility index (Phi) is 4.02. The number of aryl methyl sites for hydroxylation is 1. The van der Waals surface area contributed by atoms with Gasteiger partial charge in [-0.1, -0.05) is 0 Å². The molecule has 1 atom stereocenters. The number of amides is 1. The van der Waals surface area contributed by atoms with Crippen LogP contribution in [0.3, 0.4) is 0 Å². The molecule has 1 saturated heterocycles. The van der Waals surface area contributed by atoms with E-state index >= 15 is 0 Å². The minimum atomic E-state index is -0.505. The third kappa shape index (κ3) is 3.31. The molecule has 4 heterocycles. The maximum absolute atomic E-state index is 14.2. The number of nitrogens with two attached hydrogens (primary N) is 1. The van der Waals surface area contributed by atoms with Crippen LogP contribution in [0.2, 0.25) is 0 Å². The van der Waals surface area contributed by atoms with Crippen molar-refractivity contribution in [3.05, 3.63) is 48.1 Å². The average molecular weight is 395 g/mol. The first kappa shape index (κ1) is 18.0. The first-order valence-electron chi connectivity index (χ1n) is 9.73. The molecule has 3 aromatic rings. The van der Waals surface area contributed by atoms with Crippen molar-refractivity contribution >= 4 is 23.1 Å². The zero-order valence-electron chi connectivity index (χ0n) is 16.1. The van der Waals surface area contributed by atoms with Crippen molar-refractivity contribution in [1.29, 1.82) is 0 Å². The molecule has 3 N–H and O–H groups in total. The molecule has 0 unspecified atom stereocenters. The highest BCUT2D eigenvalue weighted by Gasteiger charge is 2.48. The number of nitrogens with one attached hydrogen (secondary N) is 1. The fourth-order valence-corrected chi connectivity index (χ4v) is 4.03. The summed E-state index contributed by atoms with van der Waals surface area (Å²) in [5, 5.41) is 2.66. The Morgan fingerprint density at radius 2 is 2.14 bits per heavy atom. The summed E-state index contributed by atoms with van der Waals surface area (Å²) in [6.07, 6.45) is 9.62. The van der Waals surface area contributed by atoms with Crippen molar-refractivity contribution in [2.75, 3.05) is 23.3 Å². The molecule has 5 rings (SSSR count). The number of hydrogen-bond acceptors (Lipinski definition) is 6. The fourth-order valence-electron chi connectivity index (χ4n) is 4.03. The summed E-state index contributed by atoms with van der Waals surface area (Å²) < 4.78 is 15.7. The summed E-state index contributed by atoms with van der Waals surface area (Å²) in [4.78, 5) is 27.4. The van der Waals surface area contributed by atoms with Crippen LogP contribution in [-0.2, 0) is 0 Å². The Bertz CT molecular complexity index is 1090. The van der Waals surface area contributed by atoms with E-state index in [1.165, 1.54) is 12.3 Å². The van der Waals surface area contributed by atoms with E-state index in [-0.39, 0.29) is 16.9 Å². The van der Waals surface area contributed by atoms with Gasteiger partial charge in [-0.3, -0.25) is 4.79 Å². The molecular weight excluding hydrogens is 373 g/mol. The van der Waals surface area contributed by atoms with Crippen LogP contribution >= 0.6 is 0 Å². The van der Waals surface area contributed by atoms with E-state index in [9.17, 15) is 9.18 Å².